The molecule has 4 nitrogen and oxygen atoms in total. The summed E-state index contributed by atoms with van der Waals surface area (Å²) in [6.07, 6.45) is 0. The third-order valence-electron chi connectivity index (χ3n) is 2.12. The highest BCUT2D eigenvalue weighted by Gasteiger charge is 2.02. The normalized spacial score (nSPS) is 10.6. The first-order valence-corrected chi connectivity index (χ1v) is 7.44. The predicted molar refractivity (Wildman–Crippen MR) is 74.8 cm³/mol. The molecule has 0 saturated carbocycles. The molecule has 0 aliphatic carbocycles. The average molecular weight is 329 g/mol. The van der Waals surface area contributed by atoms with Gasteiger partial charge in [-0.25, -0.2) is 0 Å². The minimum absolute atomic E-state index is 0.607. The molecule has 1 heterocycles. The second-order valence-corrected chi connectivity index (χ2v) is 5.51. The van der Waals surface area contributed by atoms with Crippen LogP contribution in [0.5, 0.6) is 5.75 Å². The monoisotopic (exact) mass is 328 g/mol. The molecule has 0 aliphatic rings. The van der Waals surface area contributed by atoms with Crippen LogP contribution in [0, 0.1) is 6.92 Å². The van der Waals surface area contributed by atoms with Crippen molar-refractivity contribution in [3.05, 3.63) is 40.5 Å². The molecule has 2 rings (SSSR count). The van der Waals surface area contributed by atoms with Gasteiger partial charge in [0.2, 0.25) is 11.8 Å². The quantitative estimate of drug-likeness (QED) is 0.760. The van der Waals surface area contributed by atoms with Gasteiger partial charge in [0.1, 0.15) is 5.75 Å². The first-order chi connectivity index (χ1) is 8.75. The Bertz CT molecular complexity index is 504. The van der Waals surface area contributed by atoms with Crippen molar-refractivity contribution in [2.45, 2.75) is 12.7 Å². The first-order valence-electron chi connectivity index (χ1n) is 5.50. The lowest BCUT2D eigenvalue weighted by Gasteiger charge is -2.06. The van der Waals surface area contributed by atoms with Crippen LogP contribution in [0.4, 0.5) is 0 Å². The van der Waals surface area contributed by atoms with Crippen LogP contribution in [0.3, 0.4) is 0 Å². The van der Waals surface area contributed by atoms with Gasteiger partial charge in [0.15, 0.2) is 0 Å². The Morgan fingerprint density at radius 2 is 2.17 bits per heavy atom. The van der Waals surface area contributed by atoms with Crippen LogP contribution < -0.4 is 4.74 Å². The maximum absolute atomic E-state index is 5.65. The van der Waals surface area contributed by atoms with Crippen LogP contribution in [0.25, 0.3) is 0 Å². The number of para-hydroxylation sites is 1. The number of aryl methyl sites for hydroxylation is 1. The Labute approximate surface area is 118 Å². The predicted octanol–water partition coefficient (Wildman–Crippen LogP) is 3.45. The van der Waals surface area contributed by atoms with Crippen molar-refractivity contribution >= 4 is 27.7 Å². The van der Waals surface area contributed by atoms with Gasteiger partial charge in [-0.05, 0) is 28.1 Å². The number of rotatable bonds is 6. The van der Waals surface area contributed by atoms with Crippen LogP contribution in [0.15, 0.2) is 33.2 Å². The van der Waals surface area contributed by atoms with Crippen LogP contribution >= 0.6 is 27.7 Å². The number of halogens is 1. The largest absolute Gasteiger partial charge is 0.492 e. The van der Waals surface area contributed by atoms with E-state index in [-0.39, 0.29) is 0 Å². The molecule has 96 valence electrons. The maximum Gasteiger partial charge on any atom is 0.226 e. The smallest absolute Gasteiger partial charge is 0.226 e. The number of hydrogen-bond donors (Lipinski definition) is 0. The van der Waals surface area contributed by atoms with Crippen molar-refractivity contribution in [1.82, 2.24) is 10.2 Å². The minimum atomic E-state index is 0.607. The van der Waals surface area contributed by atoms with Crippen LogP contribution in [-0.4, -0.2) is 22.6 Å². The number of nitrogens with zero attached hydrogens (tertiary/aromatic N) is 2. The summed E-state index contributed by atoms with van der Waals surface area (Å²) < 4.78 is 11.9. The molecule has 2 aromatic rings. The number of aromatic nitrogens is 2. The molecule has 0 unspecified atom stereocenters. The van der Waals surface area contributed by atoms with Crippen molar-refractivity contribution in [2.24, 2.45) is 0 Å². The topological polar surface area (TPSA) is 48.2 Å². The van der Waals surface area contributed by atoms with Gasteiger partial charge in [-0.15, -0.1) is 22.0 Å². The summed E-state index contributed by atoms with van der Waals surface area (Å²) in [5.41, 5.74) is 0. The van der Waals surface area contributed by atoms with Gasteiger partial charge in [0, 0.05) is 12.7 Å². The number of thioether (sulfide) groups is 1. The summed E-state index contributed by atoms with van der Waals surface area (Å²) in [5, 5.41) is 7.71. The highest BCUT2D eigenvalue weighted by Crippen LogP contribution is 2.24. The Morgan fingerprint density at radius 1 is 1.33 bits per heavy atom. The zero-order chi connectivity index (χ0) is 12.8. The van der Waals surface area contributed by atoms with Crippen molar-refractivity contribution in [3.63, 3.8) is 0 Å². The molecule has 0 amide bonds. The summed E-state index contributed by atoms with van der Waals surface area (Å²) in [6, 6.07) is 7.82. The van der Waals surface area contributed by atoms with Crippen LogP contribution in [0.1, 0.15) is 11.8 Å². The average Bonchev–Trinajstić information content (AvgIpc) is 2.77. The molecule has 0 saturated heterocycles. The van der Waals surface area contributed by atoms with E-state index < -0.39 is 0 Å². The molecule has 0 atom stereocenters. The highest BCUT2D eigenvalue weighted by molar-refractivity contribution is 9.10. The van der Waals surface area contributed by atoms with Crippen molar-refractivity contribution < 1.29 is 9.15 Å². The van der Waals surface area contributed by atoms with Crippen molar-refractivity contribution in [2.75, 3.05) is 12.4 Å². The summed E-state index contributed by atoms with van der Waals surface area (Å²) in [6.45, 7) is 2.44. The number of benzene rings is 1. The maximum atomic E-state index is 5.65. The fraction of sp³-hybridized carbons (Fsp3) is 0.333. The molecular weight excluding hydrogens is 316 g/mol. The number of ether oxygens (including phenoxy) is 1. The van der Waals surface area contributed by atoms with E-state index in [0.29, 0.717) is 18.4 Å². The highest BCUT2D eigenvalue weighted by atomic mass is 79.9. The van der Waals surface area contributed by atoms with Crippen molar-refractivity contribution in [3.8, 4) is 5.75 Å². The zero-order valence-electron chi connectivity index (χ0n) is 9.93. The van der Waals surface area contributed by atoms with Gasteiger partial charge >= 0.3 is 0 Å². The molecular formula is C12H13BrN2O2S. The summed E-state index contributed by atoms with van der Waals surface area (Å²) in [7, 11) is 0. The lowest BCUT2D eigenvalue weighted by molar-refractivity contribution is 0.341. The Morgan fingerprint density at radius 3 is 2.89 bits per heavy atom. The van der Waals surface area contributed by atoms with E-state index in [4.69, 9.17) is 9.15 Å². The molecule has 0 aliphatic heterocycles. The van der Waals surface area contributed by atoms with Crippen molar-refractivity contribution in [1.29, 1.82) is 0 Å². The van der Waals surface area contributed by atoms with Gasteiger partial charge in [-0.2, -0.15) is 0 Å². The molecule has 0 N–H and O–H groups in total. The molecule has 0 radical (unpaired) electrons. The third-order valence-corrected chi connectivity index (χ3v) is 3.68. The second-order valence-electron chi connectivity index (χ2n) is 3.55. The fourth-order valence-electron chi connectivity index (χ4n) is 1.33. The first kappa shape index (κ1) is 13.4. The van der Waals surface area contributed by atoms with Crippen LogP contribution in [-0.2, 0) is 5.75 Å². The molecule has 0 spiro atoms. The zero-order valence-corrected chi connectivity index (χ0v) is 12.3. The van der Waals surface area contributed by atoms with Gasteiger partial charge in [-0.1, -0.05) is 12.1 Å². The second kappa shape index (κ2) is 6.80. The molecule has 18 heavy (non-hydrogen) atoms. The minimum Gasteiger partial charge on any atom is -0.492 e. The van der Waals surface area contributed by atoms with E-state index in [1.165, 1.54) is 0 Å². The lowest BCUT2D eigenvalue weighted by Crippen LogP contribution is -2.00. The van der Waals surface area contributed by atoms with Gasteiger partial charge in [0.05, 0.1) is 16.8 Å². The lowest BCUT2D eigenvalue weighted by atomic mass is 10.3. The summed E-state index contributed by atoms with van der Waals surface area (Å²) in [4.78, 5) is 0. The van der Waals surface area contributed by atoms with E-state index in [9.17, 15) is 0 Å². The van der Waals surface area contributed by atoms with E-state index >= 15 is 0 Å². The van der Waals surface area contributed by atoms with E-state index in [1.54, 1.807) is 18.7 Å². The molecule has 0 bridgehead atoms. The SMILES string of the molecule is Cc1nnc(CSCCOc2ccccc2Br)o1. The fourth-order valence-corrected chi connectivity index (χ4v) is 2.36. The van der Waals surface area contributed by atoms with Gasteiger partial charge in [0.25, 0.3) is 0 Å². The van der Waals surface area contributed by atoms with E-state index in [1.807, 2.05) is 24.3 Å². The Hall–Kier alpha value is -1.01. The van der Waals surface area contributed by atoms with E-state index in [0.717, 1.165) is 21.7 Å². The third kappa shape index (κ3) is 4.03. The van der Waals surface area contributed by atoms with Gasteiger partial charge < -0.3 is 9.15 Å². The summed E-state index contributed by atoms with van der Waals surface area (Å²) >= 11 is 5.15. The van der Waals surface area contributed by atoms with Crippen LogP contribution in [0.2, 0.25) is 0 Å². The summed E-state index contributed by atoms with van der Waals surface area (Å²) in [5.74, 6) is 3.74. The Balaban J connectivity index is 1.66. The standard InChI is InChI=1S/C12H13BrN2O2S/c1-9-14-15-12(17-9)8-18-7-6-16-11-5-3-2-4-10(11)13/h2-5H,6-8H2,1H3. The molecule has 6 heteroatoms. The molecule has 1 aromatic heterocycles. The Kier molecular flexibility index (Phi) is 5.07. The molecule has 1 aromatic carbocycles. The van der Waals surface area contributed by atoms with E-state index in [2.05, 4.69) is 26.1 Å². The van der Waals surface area contributed by atoms with Gasteiger partial charge in [-0.3, -0.25) is 0 Å². The molecule has 0 fully saturated rings. The number of hydrogen-bond acceptors (Lipinski definition) is 5.